The molecule has 2 rings (SSSR count). The van der Waals surface area contributed by atoms with Gasteiger partial charge in [0.05, 0.1) is 12.0 Å². The van der Waals surface area contributed by atoms with Crippen LogP contribution in [0.2, 0.25) is 0 Å². The van der Waals surface area contributed by atoms with Crippen molar-refractivity contribution in [1.29, 1.82) is 0 Å². The van der Waals surface area contributed by atoms with Gasteiger partial charge in [-0.05, 0) is 51.5 Å². The van der Waals surface area contributed by atoms with E-state index in [9.17, 15) is 19.2 Å². The average Bonchev–Trinajstić information content (AvgIpc) is 3.04. The van der Waals surface area contributed by atoms with Gasteiger partial charge >= 0.3 is 24.0 Å². The van der Waals surface area contributed by atoms with Crippen LogP contribution in [0.25, 0.3) is 0 Å². The third-order valence-corrected chi connectivity index (χ3v) is 6.22. The van der Waals surface area contributed by atoms with Crippen molar-refractivity contribution < 1.29 is 52.3 Å². The summed E-state index contributed by atoms with van der Waals surface area (Å²) in [6, 6.07) is 18.0. The molecule has 0 heterocycles. The van der Waals surface area contributed by atoms with E-state index >= 15 is 0 Å². The highest BCUT2D eigenvalue weighted by atomic mass is 16.6. The highest BCUT2D eigenvalue weighted by Gasteiger charge is 2.33. The fourth-order valence-electron chi connectivity index (χ4n) is 3.64. The summed E-state index contributed by atoms with van der Waals surface area (Å²) in [6.07, 6.45) is -2.40. The maximum absolute atomic E-state index is 13.0. The number of benzene rings is 2. The zero-order chi connectivity index (χ0) is 34.0. The quantitative estimate of drug-likeness (QED) is 0.0949. The molecule has 0 spiro atoms. The standard InChI is InChI=1S/C34H43NO11/c1-24(2)30(36)41-18-17-35-33(39)46-29(22-43-27-15-11-8-12-16-27)23-45-32(38)34(4,5)19-25(3)31(37)44-21-28(40-6)20-42-26-13-9-7-10-14-26/h7-16,28-29H,1,3,17-23H2,2,4-6H3,(H,35,39). The van der Waals surface area contributed by atoms with E-state index in [0.717, 1.165) is 0 Å². The van der Waals surface area contributed by atoms with Crippen molar-refractivity contribution in [1.82, 2.24) is 5.32 Å². The molecule has 250 valence electrons. The Labute approximate surface area is 269 Å². The highest BCUT2D eigenvalue weighted by Crippen LogP contribution is 2.27. The molecule has 0 saturated heterocycles. The Hall–Kier alpha value is -4.84. The third kappa shape index (κ3) is 14.3. The predicted octanol–water partition coefficient (Wildman–Crippen LogP) is 4.43. The summed E-state index contributed by atoms with van der Waals surface area (Å²) in [7, 11) is 1.48. The third-order valence-electron chi connectivity index (χ3n) is 6.22. The minimum atomic E-state index is -1.17. The largest absolute Gasteiger partial charge is 0.491 e. The summed E-state index contributed by atoms with van der Waals surface area (Å²) in [5.41, 5.74) is -0.879. The van der Waals surface area contributed by atoms with Crippen molar-refractivity contribution in [3.8, 4) is 11.5 Å². The van der Waals surface area contributed by atoms with Crippen LogP contribution in [0.1, 0.15) is 27.2 Å². The highest BCUT2D eigenvalue weighted by molar-refractivity contribution is 5.89. The summed E-state index contributed by atoms with van der Waals surface area (Å²) in [5.74, 6) is -0.755. The first kappa shape index (κ1) is 37.3. The van der Waals surface area contributed by atoms with E-state index in [1.807, 2.05) is 24.3 Å². The molecule has 2 aromatic rings. The number of para-hydroxylation sites is 2. The first-order valence-corrected chi connectivity index (χ1v) is 14.6. The van der Waals surface area contributed by atoms with Crippen LogP contribution in [0, 0.1) is 5.41 Å². The molecular formula is C34H43NO11. The van der Waals surface area contributed by atoms with Gasteiger partial charge in [0, 0.05) is 18.3 Å². The molecule has 2 atom stereocenters. The van der Waals surface area contributed by atoms with Crippen LogP contribution < -0.4 is 14.8 Å². The van der Waals surface area contributed by atoms with Crippen molar-refractivity contribution in [3.63, 3.8) is 0 Å². The molecule has 1 N–H and O–H groups in total. The van der Waals surface area contributed by atoms with Crippen molar-refractivity contribution in [2.45, 2.75) is 39.4 Å². The Morgan fingerprint density at radius 2 is 1.30 bits per heavy atom. The van der Waals surface area contributed by atoms with Crippen LogP contribution in [-0.4, -0.2) is 82.9 Å². The summed E-state index contributed by atoms with van der Waals surface area (Å²) >= 11 is 0. The monoisotopic (exact) mass is 641 g/mol. The maximum atomic E-state index is 13.0. The van der Waals surface area contributed by atoms with E-state index in [-0.39, 0.29) is 57.1 Å². The van der Waals surface area contributed by atoms with Crippen LogP contribution in [0.4, 0.5) is 4.79 Å². The summed E-state index contributed by atoms with van der Waals surface area (Å²) in [4.78, 5) is 49.6. The zero-order valence-corrected chi connectivity index (χ0v) is 26.8. The van der Waals surface area contributed by atoms with E-state index in [1.54, 1.807) is 50.2 Å². The normalized spacial score (nSPS) is 12.1. The lowest BCUT2D eigenvalue weighted by molar-refractivity contribution is -0.157. The van der Waals surface area contributed by atoms with Gasteiger partial charge in [0.1, 0.15) is 50.6 Å². The van der Waals surface area contributed by atoms with Gasteiger partial charge in [-0.1, -0.05) is 49.6 Å². The minimum absolute atomic E-state index is 0.0136. The molecule has 0 aliphatic carbocycles. The number of alkyl carbamates (subject to hydrolysis) is 1. The smallest absolute Gasteiger partial charge is 0.407 e. The number of hydrogen-bond acceptors (Lipinski definition) is 11. The number of nitrogens with one attached hydrogen (secondary N) is 1. The van der Waals surface area contributed by atoms with E-state index in [0.29, 0.717) is 11.5 Å². The molecule has 12 nitrogen and oxygen atoms in total. The molecule has 0 aliphatic rings. The summed E-state index contributed by atoms with van der Waals surface area (Å²) in [5, 5.41) is 2.46. The molecule has 0 saturated carbocycles. The number of carbonyl (C=O) groups is 4. The fraction of sp³-hybridized carbons (Fsp3) is 0.412. The molecule has 0 aromatic heterocycles. The second-order valence-electron chi connectivity index (χ2n) is 10.8. The molecule has 0 radical (unpaired) electrons. The molecule has 1 amide bonds. The molecule has 12 heteroatoms. The molecule has 0 aliphatic heterocycles. The fourth-order valence-corrected chi connectivity index (χ4v) is 3.64. The second kappa shape index (κ2) is 19.5. The Morgan fingerprint density at radius 1 is 0.761 bits per heavy atom. The van der Waals surface area contributed by atoms with Crippen molar-refractivity contribution in [2.75, 3.05) is 46.7 Å². The van der Waals surface area contributed by atoms with Gasteiger partial charge in [0.15, 0.2) is 6.10 Å². The first-order chi connectivity index (χ1) is 21.9. The van der Waals surface area contributed by atoms with Gasteiger partial charge in [-0.3, -0.25) is 4.79 Å². The molecule has 0 bridgehead atoms. The van der Waals surface area contributed by atoms with Crippen molar-refractivity contribution >= 4 is 24.0 Å². The molecule has 0 fully saturated rings. The SMILES string of the molecule is C=C(C)C(=O)OCCNC(=O)OC(COC(=O)C(C)(C)CC(=C)C(=O)OCC(COc1ccccc1)OC)COc1ccccc1. The van der Waals surface area contributed by atoms with E-state index < -0.39 is 41.6 Å². The Morgan fingerprint density at radius 3 is 1.85 bits per heavy atom. The maximum Gasteiger partial charge on any atom is 0.407 e. The van der Waals surface area contributed by atoms with Gasteiger partial charge in [-0.25, -0.2) is 14.4 Å². The lowest BCUT2D eigenvalue weighted by Gasteiger charge is -2.25. The van der Waals surface area contributed by atoms with E-state index in [4.69, 9.17) is 33.2 Å². The topological polar surface area (TPSA) is 145 Å². The number of methoxy groups -OCH3 is 1. The van der Waals surface area contributed by atoms with Crippen LogP contribution >= 0.6 is 0 Å². The van der Waals surface area contributed by atoms with E-state index in [1.165, 1.54) is 14.0 Å². The van der Waals surface area contributed by atoms with Crippen LogP contribution in [0.15, 0.2) is 85.0 Å². The number of carbonyl (C=O) groups excluding carboxylic acids is 4. The average molecular weight is 642 g/mol. The van der Waals surface area contributed by atoms with Crippen LogP contribution in [0.3, 0.4) is 0 Å². The number of esters is 3. The molecule has 2 aromatic carbocycles. The summed E-state index contributed by atoms with van der Waals surface area (Å²) < 4.78 is 37.8. The number of amides is 1. The molecule has 46 heavy (non-hydrogen) atoms. The second-order valence-corrected chi connectivity index (χ2v) is 10.8. The molecule has 2 unspecified atom stereocenters. The zero-order valence-electron chi connectivity index (χ0n) is 26.8. The van der Waals surface area contributed by atoms with Gasteiger partial charge < -0.3 is 38.5 Å². The van der Waals surface area contributed by atoms with Gasteiger partial charge in [-0.15, -0.1) is 0 Å². The van der Waals surface area contributed by atoms with Crippen LogP contribution in [0.5, 0.6) is 11.5 Å². The van der Waals surface area contributed by atoms with Crippen molar-refractivity contribution in [2.24, 2.45) is 5.41 Å². The van der Waals surface area contributed by atoms with Gasteiger partial charge in [0.2, 0.25) is 0 Å². The van der Waals surface area contributed by atoms with Gasteiger partial charge in [-0.2, -0.15) is 0 Å². The lowest BCUT2D eigenvalue weighted by atomic mass is 9.86. The lowest BCUT2D eigenvalue weighted by Crippen LogP contribution is -2.38. The minimum Gasteiger partial charge on any atom is -0.491 e. The summed E-state index contributed by atoms with van der Waals surface area (Å²) in [6.45, 7) is 11.5. The number of ether oxygens (including phenoxy) is 7. The Balaban J connectivity index is 1.87. The van der Waals surface area contributed by atoms with E-state index in [2.05, 4.69) is 18.5 Å². The predicted molar refractivity (Wildman–Crippen MR) is 168 cm³/mol. The number of hydrogen-bond donors (Lipinski definition) is 1. The van der Waals surface area contributed by atoms with Crippen LogP contribution in [-0.2, 0) is 38.1 Å². The first-order valence-electron chi connectivity index (χ1n) is 14.6. The molecular weight excluding hydrogens is 598 g/mol. The Bertz CT molecular complexity index is 1290. The van der Waals surface area contributed by atoms with Crippen molar-refractivity contribution in [3.05, 3.63) is 85.0 Å². The van der Waals surface area contributed by atoms with Gasteiger partial charge in [0.25, 0.3) is 0 Å². The Kier molecular flexibility index (Phi) is 15.9. The number of rotatable bonds is 20.